The fourth-order valence-corrected chi connectivity index (χ4v) is 1.31. The Kier molecular flexibility index (Phi) is 3.68. The van der Waals surface area contributed by atoms with E-state index in [2.05, 4.69) is 24.8 Å². The number of hydrogen-bond donors (Lipinski definition) is 0. The summed E-state index contributed by atoms with van der Waals surface area (Å²) in [4.78, 5) is 0. The third kappa shape index (κ3) is 3.53. The number of alkyl halides is 6. The Hall–Kier alpha value is -0.890. The van der Waals surface area contributed by atoms with Gasteiger partial charge in [0.05, 0.1) is 11.1 Å². The molecule has 0 aliphatic rings. The van der Waals surface area contributed by atoms with Crippen LogP contribution in [0.1, 0.15) is 16.7 Å². The third-order valence-corrected chi connectivity index (χ3v) is 2.29. The van der Waals surface area contributed by atoms with Gasteiger partial charge in [0, 0.05) is 0 Å². The maximum atomic E-state index is 12.4. The van der Waals surface area contributed by atoms with Gasteiger partial charge in [-0.25, -0.2) is 0 Å². The molecule has 0 spiro atoms. The van der Waals surface area contributed by atoms with E-state index in [0.29, 0.717) is 12.1 Å². The molecule has 1 aromatic rings. The predicted molar refractivity (Wildman–Crippen MR) is 55.5 cm³/mol. The predicted octanol–water partition coefficient (Wildman–Crippen LogP) is 3.95. The van der Waals surface area contributed by atoms with Crippen molar-refractivity contribution in [1.29, 1.82) is 0 Å². The van der Waals surface area contributed by atoms with E-state index in [1.807, 2.05) is 0 Å². The summed E-state index contributed by atoms with van der Waals surface area (Å²) in [6, 6.07) is 1.03. The lowest BCUT2D eigenvalue weighted by Crippen LogP contribution is -2.12. The summed E-state index contributed by atoms with van der Waals surface area (Å²) in [6.45, 7) is 0. The van der Waals surface area contributed by atoms with E-state index >= 15 is 0 Å². The van der Waals surface area contributed by atoms with Crippen LogP contribution in [0, 0.1) is 0 Å². The van der Waals surface area contributed by atoms with Gasteiger partial charge < -0.3 is 24.8 Å². The molecular formula is C9H3F6S2-. The monoisotopic (exact) mass is 289 g/mol. The van der Waals surface area contributed by atoms with Gasteiger partial charge in [-0.05, 0) is 23.8 Å². The summed E-state index contributed by atoms with van der Waals surface area (Å²) in [5.41, 5.74) is -3.28. The summed E-state index contributed by atoms with van der Waals surface area (Å²) in [7, 11) is 0. The standard InChI is InChI=1S/C9H4F6S2/c10-8(11,12)5-1-4(7(16)17)2-6(3-5)9(13,14)15/h1-3H,(H,16,17)/p-1. The second-order valence-corrected chi connectivity index (χ2v) is 4.16. The van der Waals surface area contributed by atoms with Gasteiger partial charge in [0.25, 0.3) is 0 Å². The van der Waals surface area contributed by atoms with Gasteiger partial charge in [0.2, 0.25) is 0 Å². The van der Waals surface area contributed by atoms with Gasteiger partial charge in [-0.1, -0.05) is 0 Å². The summed E-state index contributed by atoms with van der Waals surface area (Å²) < 4.78 is 73.7. The van der Waals surface area contributed by atoms with Crippen molar-refractivity contribution in [3.05, 3.63) is 34.9 Å². The molecule has 0 saturated carbocycles. The van der Waals surface area contributed by atoms with Gasteiger partial charge in [0.1, 0.15) is 0 Å². The van der Waals surface area contributed by atoms with E-state index < -0.39 is 33.2 Å². The van der Waals surface area contributed by atoms with Crippen LogP contribution in [-0.4, -0.2) is 4.20 Å². The molecule has 0 N–H and O–H groups in total. The molecule has 8 heteroatoms. The van der Waals surface area contributed by atoms with Gasteiger partial charge in [-0.15, -0.1) is 4.20 Å². The molecule has 0 unspecified atom stereocenters. The Labute approximate surface area is 103 Å². The average molecular weight is 289 g/mol. The summed E-state index contributed by atoms with van der Waals surface area (Å²) in [5.74, 6) is 0. The van der Waals surface area contributed by atoms with Crippen LogP contribution in [0.2, 0.25) is 0 Å². The highest BCUT2D eigenvalue weighted by Crippen LogP contribution is 2.36. The van der Waals surface area contributed by atoms with Crippen molar-refractivity contribution in [3.63, 3.8) is 0 Å². The van der Waals surface area contributed by atoms with E-state index in [-0.39, 0.29) is 6.07 Å². The summed E-state index contributed by atoms with van der Waals surface area (Å²) >= 11 is 8.81. The minimum Gasteiger partial charge on any atom is -0.428 e. The Morgan fingerprint density at radius 3 is 1.47 bits per heavy atom. The molecule has 0 saturated heterocycles. The minimum absolute atomic E-state index is 0.0249. The van der Waals surface area contributed by atoms with Crippen LogP contribution in [0.15, 0.2) is 18.2 Å². The zero-order chi connectivity index (χ0) is 13.4. The molecule has 0 fully saturated rings. The fourth-order valence-electron chi connectivity index (χ4n) is 1.07. The van der Waals surface area contributed by atoms with Gasteiger partial charge in [-0.2, -0.15) is 26.3 Å². The highest BCUT2D eigenvalue weighted by atomic mass is 32.1. The van der Waals surface area contributed by atoms with Gasteiger partial charge in [0.15, 0.2) is 0 Å². The Morgan fingerprint density at radius 2 is 1.24 bits per heavy atom. The lowest BCUT2D eigenvalue weighted by molar-refractivity contribution is -0.143. The highest BCUT2D eigenvalue weighted by molar-refractivity contribution is 8.01. The van der Waals surface area contributed by atoms with Crippen LogP contribution in [0.25, 0.3) is 0 Å². The van der Waals surface area contributed by atoms with Crippen LogP contribution < -0.4 is 0 Å². The SMILES string of the molecule is FC(F)(F)c1cc(C(=S)[S-])cc(C(F)(F)F)c1. The van der Waals surface area contributed by atoms with Crippen LogP contribution in [-0.2, 0) is 25.0 Å². The van der Waals surface area contributed by atoms with Crippen molar-refractivity contribution in [3.8, 4) is 0 Å². The third-order valence-electron chi connectivity index (χ3n) is 1.82. The number of thiocarbonyl (C=S) groups is 1. The van der Waals surface area contributed by atoms with Gasteiger partial charge in [-0.3, -0.25) is 0 Å². The molecule has 0 aliphatic carbocycles. The van der Waals surface area contributed by atoms with Crippen LogP contribution >= 0.6 is 12.2 Å². The zero-order valence-electron chi connectivity index (χ0n) is 7.82. The smallest absolute Gasteiger partial charge is 0.416 e. The second kappa shape index (κ2) is 4.41. The van der Waals surface area contributed by atoms with Crippen molar-refractivity contribution in [1.82, 2.24) is 0 Å². The summed E-state index contributed by atoms with van der Waals surface area (Å²) in [6.07, 6.45) is -9.76. The molecular weight excluding hydrogens is 286 g/mol. The number of benzene rings is 1. The maximum Gasteiger partial charge on any atom is 0.416 e. The van der Waals surface area contributed by atoms with Crippen molar-refractivity contribution in [2.24, 2.45) is 0 Å². The molecule has 0 radical (unpaired) electrons. The van der Waals surface area contributed by atoms with Crippen LogP contribution in [0.4, 0.5) is 26.3 Å². The molecule has 1 aromatic carbocycles. The lowest BCUT2D eigenvalue weighted by Gasteiger charge is -2.15. The molecule has 94 valence electrons. The zero-order valence-corrected chi connectivity index (χ0v) is 9.45. The first-order valence-electron chi connectivity index (χ1n) is 4.02. The molecule has 0 atom stereocenters. The largest absolute Gasteiger partial charge is 0.428 e. The average Bonchev–Trinajstić information content (AvgIpc) is 2.14. The Morgan fingerprint density at radius 1 is 0.882 bits per heavy atom. The molecule has 0 nitrogen and oxygen atoms in total. The van der Waals surface area contributed by atoms with Crippen molar-refractivity contribution >= 4 is 29.0 Å². The molecule has 0 amide bonds. The van der Waals surface area contributed by atoms with E-state index in [9.17, 15) is 26.3 Å². The highest BCUT2D eigenvalue weighted by Gasteiger charge is 2.36. The number of hydrogen-bond acceptors (Lipinski definition) is 2. The number of rotatable bonds is 1. The van der Waals surface area contributed by atoms with Crippen molar-refractivity contribution in [2.75, 3.05) is 0 Å². The molecule has 0 aliphatic heterocycles. The van der Waals surface area contributed by atoms with Crippen LogP contribution in [0.3, 0.4) is 0 Å². The first-order chi connectivity index (χ1) is 7.51. The second-order valence-electron chi connectivity index (χ2n) is 3.08. The summed E-state index contributed by atoms with van der Waals surface area (Å²) in [5, 5.41) is 0. The van der Waals surface area contributed by atoms with Crippen LogP contribution in [0.5, 0.6) is 0 Å². The number of halogens is 6. The van der Waals surface area contributed by atoms with E-state index in [1.54, 1.807) is 0 Å². The molecule has 0 aromatic heterocycles. The molecule has 0 heterocycles. The Balaban J connectivity index is 3.45. The van der Waals surface area contributed by atoms with E-state index in [0.717, 1.165) is 0 Å². The lowest BCUT2D eigenvalue weighted by atomic mass is 10.1. The molecule has 1 rings (SSSR count). The first-order valence-corrected chi connectivity index (χ1v) is 4.84. The topological polar surface area (TPSA) is 0 Å². The normalized spacial score (nSPS) is 12.6. The first kappa shape index (κ1) is 14.2. The minimum atomic E-state index is -4.88. The van der Waals surface area contributed by atoms with Crippen molar-refractivity contribution < 1.29 is 26.3 Å². The quantitative estimate of drug-likeness (QED) is 0.436. The van der Waals surface area contributed by atoms with E-state index in [1.165, 1.54) is 0 Å². The molecule has 17 heavy (non-hydrogen) atoms. The fraction of sp³-hybridized carbons (Fsp3) is 0.222. The van der Waals surface area contributed by atoms with Crippen molar-refractivity contribution in [2.45, 2.75) is 12.4 Å². The molecule has 0 bridgehead atoms. The Bertz CT molecular complexity index is 414. The maximum absolute atomic E-state index is 12.4. The van der Waals surface area contributed by atoms with E-state index in [4.69, 9.17) is 0 Å². The van der Waals surface area contributed by atoms with Gasteiger partial charge >= 0.3 is 12.4 Å².